The number of anilines is 8. The summed E-state index contributed by atoms with van der Waals surface area (Å²) in [5.74, 6) is 1.62. The molecule has 0 N–H and O–H groups in total. The van der Waals surface area contributed by atoms with Crippen LogP contribution in [-0.4, -0.2) is 64.7 Å². The summed E-state index contributed by atoms with van der Waals surface area (Å²) < 4.78 is 6.88. The fraction of sp³-hybridized carbons (Fsp3) is 0.222. The maximum absolute atomic E-state index is 6.88. The first kappa shape index (κ1) is 27.1. The molecule has 0 aliphatic carbocycles. The Hall–Kier alpha value is -5.44. The molecular weight excluding hydrogens is 560 g/mol. The fourth-order valence-corrected chi connectivity index (χ4v) is 6.70. The number of nitrogens with zero attached hydrogens (tertiary/aromatic N) is 8. The Labute approximate surface area is 265 Å². The van der Waals surface area contributed by atoms with E-state index in [-0.39, 0.29) is 0 Å². The second kappa shape index (κ2) is 10.6. The Morgan fingerprint density at radius 3 is 1.67 bits per heavy atom. The second-order valence-electron chi connectivity index (χ2n) is 12.3. The minimum absolute atomic E-state index is 0.745. The van der Waals surface area contributed by atoms with Crippen molar-refractivity contribution in [2.45, 2.75) is 0 Å². The van der Waals surface area contributed by atoms with Gasteiger partial charge < -0.3 is 43.9 Å². The lowest BCUT2D eigenvalue weighted by molar-refractivity contribution is 0.471. The quantitative estimate of drug-likeness (QED) is 0.235. The normalized spacial score (nSPS) is 16.9. The van der Waals surface area contributed by atoms with E-state index in [1.54, 1.807) is 0 Å². The van der Waals surface area contributed by atoms with E-state index < -0.39 is 0 Å². The number of benzene rings is 4. The monoisotopic (exact) mass is 598 g/mol. The lowest BCUT2D eigenvalue weighted by Gasteiger charge is -2.31. The molecule has 0 aromatic heterocycles. The standard InChI is InChI=1S/C36H38N8O/c1-37-16-18-41(23-37)33-22-36(45-28-11-9-10-27(20-28)43-25-39(3)29-12-5-7-14-31(29)43)35(42-19-17-38(2)24-42)21-34(33)44-26-40(4)30-13-6-8-15-32(30)44/h5-22H,23-26H2,1-4H3. The molecule has 0 unspecified atom stereocenters. The van der Waals surface area contributed by atoms with Gasteiger partial charge in [0.2, 0.25) is 0 Å². The maximum atomic E-state index is 6.88. The van der Waals surface area contributed by atoms with Crippen LogP contribution in [0.15, 0.2) is 110 Å². The molecule has 228 valence electrons. The highest BCUT2D eigenvalue weighted by Gasteiger charge is 2.31. The van der Waals surface area contributed by atoms with Crippen molar-refractivity contribution in [3.63, 3.8) is 0 Å². The third-order valence-corrected chi connectivity index (χ3v) is 8.95. The average molecular weight is 599 g/mol. The Bertz CT molecular complexity index is 1820. The van der Waals surface area contributed by atoms with Crippen molar-refractivity contribution in [1.29, 1.82) is 0 Å². The number of fused-ring (bicyclic) bond motifs is 2. The molecule has 4 heterocycles. The molecule has 0 saturated carbocycles. The number of hydrogen-bond acceptors (Lipinski definition) is 9. The van der Waals surface area contributed by atoms with Gasteiger partial charge >= 0.3 is 0 Å². The molecule has 4 aliphatic rings. The van der Waals surface area contributed by atoms with Crippen LogP contribution >= 0.6 is 0 Å². The van der Waals surface area contributed by atoms with Crippen LogP contribution in [0.1, 0.15) is 0 Å². The molecule has 0 radical (unpaired) electrons. The molecule has 9 heteroatoms. The smallest absolute Gasteiger partial charge is 0.153 e. The van der Waals surface area contributed by atoms with Crippen LogP contribution in [0.2, 0.25) is 0 Å². The van der Waals surface area contributed by atoms with Crippen LogP contribution < -0.4 is 34.1 Å². The Morgan fingerprint density at radius 2 is 1.04 bits per heavy atom. The Balaban J connectivity index is 1.23. The Morgan fingerprint density at radius 1 is 0.467 bits per heavy atom. The molecule has 0 saturated heterocycles. The van der Waals surface area contributed by atoms with Crippen LogP contribution in [0, 0.1) is 0 Å². The molecule has 0 bridgehead atoms. The van der Waals surface area contributed by atoms with E-state index in [0.29, 0.717) is 0 Å². The highest BCUT2D eigenvalue weighted by molar-refractivity contribution is 5.91. The molecule has 4 aromatic rings. The number of rotatable bonds is 6. The molecule has 4 aromatic carbocycles. The predicted molar refractivity (Wildman–Crippen MR) is 185 cm³/mol. The second-order valence-corrected chi connectivity index (χ2v) is 12.3. The van der Waals surface area contributed by atoms with Crippen LogP contribution in [0.3, 0.4) is 0 Å². The summed E-state index contributed by atoms with van der Waals surface area (Å²) >= 11 is 0. The van der Waals surface area contributed by atoms with E-state index >= 15 is 0 Å². The van der Waals surface area contributed by atoms with Gasteiger partial charge in [-0.05, 0) is 42.5 Å². The van der Waals surface area contributed by atoms with Gasteiger partial charge in [-0.2, -0.15) is 0 Å². The maximum Gasteiger partial charge on any atom is 0.153 e. The van der Waals surface area contributed by atoms with Crippen molar-refractivity contribution >= 4 is 45.5 Å². The third kappa shape index (κ3) is 4.71. The zero-order chi connectivity index (χ0) is 30.7. The van der Waals surface area contributed by atoms with Crippen molar-refractivity contribution in [2.75, 3.05) is 84.3 Å². The lowest BCUT2D eigenvalue weighted by Crippen LogP contribution is -2.28. The van der Waals surface area contributed by atoms with Gasteiger partial charge in [-0.25, -0.2) is 0 Å². The van der Waals surface area contributed by atoms with Crippen molar-refractivity contribution in [3.8, 4) is 11.5 Å². The minimum atomic E-state index is 0.745. The lowest BCUT2D eigenvalue weighted by atomic mass is 10.1. The van der Waals surface area contributed by atoms with Gasteiger partial charge in [0.05, 0.1) is 66.5 Å². The van der Waals surface area contributed by atoms with Gasteiger partial charge in [-0.15, -0.1) is 0 Å². The molecule has 4 aliphatic heterocycles. The van der Waals surface area contributed by atoms with Crippen LogP contribution in [0.5, 0.6) is 11.5 Å². The van der Waals surface area contributed by atoms with Crippen molar-refractivity contribution in [2.24, 2.45) is 0 Å². The van der Waals surface area contributed by atoms with E-state index in [1.807, 2.05) is 6.07 Å². The highest BCUT2D eigenvalue weighted by atomic mass is 16.5. The summed E-state index contributed by atoms with van der Waals surface area (Å²) in [7, 11) is 8.49. The van der Waals surface area contributed by atoms with Gasteiger partial charge in [0.15, 0.2) is 5.75 Å². The average Bonchev–Trinajstić information content (AvgIpc) is 3.84. The van der Waals surface area contributed by atoms with Gasteiger partial charge in [0, 0.05) is 70.8 Å². The number of para-hydroxylation sites is 4. The third-order valence-electron chi connectivity index (χ3n) is 8.95. The summed E-state index contributed by atoms with van der Waals surface area (Å²) in [6, 6.07) is 30.1. The molecule has 8 rings (SSSR count). The van der Waals surface area contributed by atoms with Gasteiger partial charge in [-0.3, -0.25) is 0 Å². The minimum Gasteiger partial charge on any atom is -0.455 e. The predicted octanol–water partition coefficient (Wildman–Crippen LogP) is 6.93. The summed E-state index contributed by atoms with van der Waals surface area (Å²) in [6.45, 7) is 3.07. The zero-order valence-electron chi connectivity index (χ0n) is 26.2. The Kier molecular flexibility index (Phi) is 6.41. The first-order valence-electron chi connectivity index (χ1n) is 15.3. The van der Waals surface area contributed by atoms with E-state index in [9.17, 15) is 0 Å². The van der Waals surface area contributed by atoms with Crippen molar-refractivity contribution < 1.29 is 4.74 Å². The fourth-order valence-electron chi connectivity index (χ4n) is 6.70. The van der Waals surface area contributed by atoms with Crippen LogP contribution in [0.4, 0.5) is 45.5 Å². The first-order chi connectivity index (χ1) is 21.9. The van der Waals surface area contributed by atoms with Crippen LogP contribution in [-0.2, 0) is 0 Å². The first-order valence-corrected chi connectivity index (χ1v) is 15.3. The largest absolute Gasteiger partial charge is 0.455 e. The SMILES string of the molecule is CN1C=CN(c2cc(N3CN(C)c4ccccc43)c(N3C=CN(C)C3)cc2Oc2cccc(N3CN(C)c4ccccc43)c2)C1. The van der Waals surface area contributed by atoms with E-state index in [0.717, 1.165) is 60.9 Å². The topological polar surface area (TPSA) is 35.2 Å². The van der Waals surface area contributed by atoms with Gasteiger partial charge in [0.25, 0.3) is 0 Å². The molecule has 0 spiro atoms. The van der Waals surface area contributed by atoms with Crippen molar-refractivity contribution in [3.05, 3.63) is 110 Å². The zero-order valence-corrected chi connectivity index (χ0v) is 26.2. The van der Waals surface area contributed by atoms with E-state index in [2.05, 4.69) is 171 Å². The summed E-state index contributed by atoms with van der Waals surface area (Å²) in [6.07, 6.45) is 8.51. The highest BCUT2D eigenvalue weighted by Crippen LogP contribution is 2.49. The molecule has 45 heavy (non-hydrogen) atoms. The van der Waals surface area contributed by atoms with E-state index in [4.69, 9.17) is 4.74 Å². The summed E-state index contributed by atoms with van der Waals surface area (Å²) in [4.78, 5) is 18.2. The van der Waals surface area contributed by atoms with Gasteiger partial charge in [0.1, 0.15) is 5.75 Å². The molecule has 0 atom stereocenters. The molecule has 0 amide bonds. The van der Waals surface area contributed by atoms with E-state index in [1.165, 1.54) is 22.7 Å². The molecule has 0 fully saturated rings. The summed E-state index contributed by atoms with van der Waals surface area (Å²) in [5.41, 5.74) is 9.23. The summed E-state index contributed by atoms with van der Waals surface area (Å²) in [5, 5.41) is 0. The van der Waals surface area contributed by atoms with Crippen LogP contribution in [0.25, 0.3) is 0 Å². The number of ether oxygens (including phenoxy) is 1. The van der Waals surface area contributed by atoms with Crippen molar-refractivity contribution in [1.82, 2.24) is 9.80 Å². The molecular formula is C36H38N8O. The number of hydrogen-bond donors (Lipinski definition) is 0. The molecule has 9 nitrogen and oxygen atoms in total. The van der Waals surface area contributed by atoms with Gasteiger partial charge in [-0.1, -0.05) is 30.3 Å².